The molecule has 2 aromatic rings. The highest BCUT2D eigenvalue weighted by atomic mass is 16.5. The van der Waals surface area contributed by atoms with Crippen molar-refractivity contribution in [1.29, 1.82) is 0 Å². The minimum absolute atomic E-state index is 0.0641. The van der Waals surface area contributed by atoms with Crippen LogP contribution in [0.25, 0.3) is 0 Å². The maximum atomic E-state index is 13.0. The zero-order valence-corrected chi connectivity index (χ0v) is 17.0. The van der Waals surface area contributed by atoms with Crippen LogP contribution >= 0.6 is 0 Å². The molecule has 2 aromatic carbocycles. The first kappa shape index (κ1) is 20.2. The molecular weight excluding hydrogens is 384 g/mol. The molecule has 7 heteroatoms. The van der Waals surface area contributed by atoms with Crippen molar-refractivity contribution in [3.63, 3.8) is 0 Å². The summed E-state index contributed by atoms with van der Waals surface area (Å²) in [6.45, 7) is 0.406. The Bertz CT molecular complexity index is 939. The summed E-state index contributed by atoms with van der Waals surface area (Å²) in [5, 5.41) is 9.09. The quantitative estimate of drug-likeness (QED) is 0.538. The van der Waals surface area contributed by atoms with Gasteiger partial charge in [-0.3, -0.25) is 14.8 Å². The molecule has 0 aromatic heterocycles. The Morgan fingerprint density at radius 3 is 2.67 bits per heavy atom. The molecule has 2 N–H and O–H groups in total. The fourth-order valence-corrected chi connectivity index (χ4v) is 4.34. The van der Waals surface area contributed by atoms with Gasteiger partial charge in [0.05, 0.1) is 25.7 Å². The van der Waals surface area contributed by atoms with Crippen LogP contribution in [0.15, 0.2) is 42.5 Å². The van der Waals surface area contributed by atoms with Crippen molar-refractivity contribution in [3.05, 3.63) is 59.2 Å². The summed E-state index contributed by atoms with van der Waals surface area (Å²) in [7, 11) is 1.59. The number of hydrogen-bond donors (Lipinski definition) is 2. The molecule has 1 atom stereocenters. The average molecular weight is 410 g/mol. The van der Waals surface area contributed by atoms with Crippen molar-refractivity contribution >= 4 is 11.8 Å². The van der Waals surface area contributed by atoms with Gasteiger partial charge in [-0.05, 0) is 55.0 Å². The van der Waals surface area contributed by atoms with Gasteiger partial charge in [-0.15, -0.1) is 0 Å². The maximum absolute atomic E-state index is 13.0. The Kier molecular flexibility index (Phi) is 5.90. The number of amides is 2. The van der Waals surface area contributed by atoms with E-state index in [-0.39, 0.29) is 18.4 Å². The van der Waals surface area contributed by atoms with Gasteiger partial charge >= 0.3 is 0 Å². The van der Waals surface area contributed by atoms with Crippen molar-refractivity contribution in [3.8, 4) is 11.5 Å². The van der Waals surface area contributed by atoms with Crippen molar-refractivity contribution in [1.82, 2.24) is 10.4 Å². The lowest BCUT2D eigenvalue weighted by Gasteiger charge is -2.28. The fourth-order valence-electron chi connectivity index (χ4n) is 4.34. The molecule has 0 spiro atoms. The molecule has 7 nitrogen and oxygen atoms in total. The normalized spacial score (nSPS) is 17.0. The van der Waals surface area contributed by atoms with Crippen LogP contribution in [0.4, 0.5) is 0 Å². The van der Waals surface area contributed by atoms with E-state index >= 15 is 0 Å². The van der Waals surface area contributed by atoms with E-state index in [2.05, 4.69) is 0 Å². The number of fused-ring (bicyclic) bond motifs is 1. The Morgan fingerprint density at radius 1 is 1.20 bits per heavy atom. The molecule has 158 valence electrons. The van der Waals surface area contributed by atoms with Crippen molar-refractivity contribution in [2.75, 3.05) is 7.11 Å². The van der Waals surface area contributed by atoms with Crippen LogP contribution in [-0.4, -0.2) is 35.1 Å². The monoisotopic (exact) mass is 410 g/mol. The lowest BCUT2D eigenvalue weighted by Crippen LogP contribution is -2.33. The molecule has 2 amide bonds. The van der Waals surface area contributed by atoms with Crippen LogP contribution in [-0.2, 0) is 11.3 Å². The molecule has 2 aliphatic rings. The molecule has 1 heterocycles. The second-order valence-corrected chi connectivity index (χ2v) is 7.78. The van der Waals surface area contributed by atoms with Gasteiger partial charge < -0.3 is 14.4 Å². The summed E-state index contributed by atoms with van der Waals surface area (Å²) in [5.41, 5.74) is 4.01. The van der Waals surface area contributed by atoms with Gasteiger partial charge in [0.25, 0.3) is 5.91 Å². The number of carbonyl (C=O) groups is 2. The molecule has 0 saturated heterocycles. The van der Waals surface area contributed by atoms with Crippen molar-refractivity contribution in [2.24, 2.45) is 0 Å². The van der Waals surface area contributed by atoms with E-state index in [1.807, 2.05) is 30.3 Å². The lowest BCUT2D eigenvalue weighted by atomic mass is 10.0. The minimum Gasteiger partial charge on any atom is -0.493 e. The van der Waals surface area contributed by atoms with E-state index in [1.165, 1.54) is 0 Å². The third kappa shape index (κ3) is 3.98. The van der Waals surface area contributed by atoms with E-state index in [1.54, 1.807) is 29.6 Å². The number of hydrogen-bond acceptors (Lipinski definition) is 5. The number of nitrogens with one attached hydrogen (secondary N) is 1. The predicted molar refractivity (Wildman–Crippen MR) is 109 cm³/mol. The van der Waals surface area contributed by atoms with Crippen LogP contribution in [0.5, 0.6) is 11.5 Å². The number of ether oxygens (including phenoxy) is 2. The van der Waals surface area contributed by atoms with E-state index in [9.17, 15) is 9.59 Å². The van der Waals surface area contributed by atoms with E-state index < -0.39 is 11.9 Å². The second kappa shape index (κ2) is 8.75. The van der Waals surface area contributed by atoms with Gasteiger partial charge in [0, 0.05) is 12.1 Å². The largest absolute Gasteiger partial charge is 0.493 e. The van der Waals surface area contributed by atoms with Crippen LogP contribution in [0.3, 0.4) is 0 Å². The smallest absolute Gasteiger partial charge is 0.255 e. The van der Waals surface area contributed by atoms with Crippen LogP contribution < -0.4 is 15.0 Å². The Morgan fingerprint density at radius 2 is 1.97 bits per heavy atom. The predicted octanol–water partition coefficient (Wildman–Crippen LogP) is 3.61. The van der Waals surface area contributed by atoms with Crippen LogP contribution in [0.2, 0.25) is 0 Å². The SMILES string of the molecule is COc1ccc(C(CC(=O)NO)N2Cc3ccccc3C2=O)cc1OC1CCCC1. The number of rotatable bonds is 7. The average Bonchev–Trinajstić information content (AvgIpc) is 3.40. The van der Waals surface area contributed by atoms with Gasteiger partial charge in [-0.1, -0.05) is 24.3 Å². The Balaban J connectivity index is 1.67. The molecule has 1 fully saturated rings. The van der Waals surface area contributed by atoms with E-state index in [0.29, 0.717) is 23.6 Å². The van der Waals surface area contributed by atoms with Gasteiger partial charge in [-0.2, -0.15) is 0 Å². The van der Waals surface area contributed by atoms with Gasteiger partial charge in [0.1, 0.15) is 0 Å². The molecule has 1 saturated carbocycles. The topological polar surface area (TPSA) is 88.1 Å². The number of benzene rings is 2. The molecular formula is C23H26N2O5. The third-order valence-electron chi connectivity index (χ3n) is 5.90. The Labute approximate surface area is 175 Å². The van der Waals surface area contributed by atoms with Gasteiger partial charge in [-0.25, -0.2) is 5.48 Å². The molecule has 30 heavy (non-hydrogen) atoms. The summed E-state index contributed by atoms with van der Waals surface area (Å²) < 4.78 is 11.7. The molecule has 4 rings (SSSR count). The molecule has 1 aliphatic heterocycles. The van der Waals surface area contributed by atoms with Gasteiger partial charge in [0.15, 0.2) is 11.5 Å². The van der Waals surface area contributed by atoms with Crippen LogP contribution in [0, 0.1) is 0 Å². The molecule has 1 unspecified atom stereocenters. The van der Waals surface area contributed by atoms with Crippen LogP contribution in [0.1, 0.15) is 59.6 Å². The zero-order chi connectivity index (χ0) is 21.1. The summed E-state index contributed by atoms with van der Waals surface area (Å²) in [6.07, 6.45) is 4.38. The minimum atomic E-state index is -0.558. The highest BCUT2D eigenvalue weighted by molar-refractivity contribution is 5.98. The number of methoxy groups -OCH3 is 1. The van der Waals surface area contributed by atoms with Gasteiger partial charge in [0.2, 0.25) is 5.91 Å². The maximum Gasteiger partial charge on any atom is 0.255 e. The first-order chi connectivity index (χ1) is 14.6. The number of hydroxylamine groups is 1. The Hall–Kier alpha value is -3.06. The van der Waals surface area contributed by atoms with E-state index in [4.69, 9.17) is 14.7 Å². The summed E-state index contributed by atoms with van der Waals surface area (Å²) in [6, 6.07) is 12.4. The van der Waals surface area contributed by atoms with E-state index in [0.717, 1.165) is 36.8 Å². The molecule has 0 radical (unpaired) electrons. The van der Waals surface area contributed by atoms with Crippen molar-refractivity contribution in [2.45, 2.75) is 50.8 Å². The highest BCUT2D eigenvalue weighted by Crippen LogP contribution is 2.38. The second-order valence-electron chi connectivity index (χ2n) is 7.78. The fraction of sp³-hybridized carbons (Fsp3) is 0.391. The summed E-state index contributed by atoms with van der Waals surface area (Å²) in [4.78, 5) is 26.8. The first-order valence-corrected chi connectivity index (χ1v) is 10.3. The number of nitrogens with zero attached hydrogens (tertiary/aromatic N) is 1. The summed E-state index contributed by atoms with van der Waals surface area (Å²) in [5.74, 6) is 0.542. The summed E-state index contributed by atoms with van der Waals surface area (Å²) >= 11 is 0. The first-order valence-electron chi connectivity index (χ1n) is 10.3. The molecule has 1 aliphatic carbocycles. The number of carbonyl (C=O) groups excluding carboxylic acids is 2. The highest BCUT2D eigenvalue weighted by Gasteiger charge is 2.35. The third-order valence-corrected chi connectivity index (χ3v) is 5.90. The van der Waals surface area contributed by atoms with Crippen molar-refractivity contribution < 1.29 is 24.3 Å². The lowest BCUT2D eigenvalue weighted by molar-refractivity contribution is -0.130. The standard InChI is InChI=1S/C23H26N2O5/c1-29-20-11-10-15(12-21(20)30-17-7-3-4-8-17)19(13-22(26)24-28)25-14-16-6-2-5-9-18(16)23(25)27/h2,5-6,9-12,17,19,28H,3-4,7-8,13-14H2,1H3,(H,24,26). The molecule has 0 bridgehead atoms. The zero-order valence-electron chi connectivity index (χ0n) is 17.0.